The molecule has 0 heterocycles. The summed E-state index contributed by atoms with van der Waals surface area (Å²) < 4.78 is 38.6. The van der Waals surface area contributed by atoms with Crippen molar-refractivity contribution in [3.05, 3.63) is 85.6 Å². The molecule has 0 spiro atoms. The summed E-state index contributed by atoms with van der Waals surface area (Å²) in [6.45, 7) is 0.408. The molecule has 3 aromatic rings. The second-order valence-electron chi connectivity index (χ2n) is 9.10. The predicted octanol–water partition coefficient (Wildman–Crippen LogP) is 8.81. The summed E-state index contributed by atoms with van der Waals surface area (Å²) in [6.07, 6.45) is 0. The summed E-state index contributed by atoms with van der Waals surface area (Å²) in [5, 5.41) is 6.52. The van der Waals surface area contributed by atoms with Crippen LogP contribution in [0, 0.1) is 11.7 Å². The van der Waals surface area contributed by atoms with Gasteiger partial charge in [-0.05, 0) is 48.0 Å². The molecule has 2 unspecified atom stereocenters. The minimum absolute atomic E-state index is 0.0287. The Hall–Kier alpha value is -2.40. The van der Waals surface area contributed by atoms with E-state index in [4.69, 9.17) is 69.6 Å². The third kappa shape index (κ3) is 6.82. The lowest BCUT2D eigenvalue weighted by molar-refractivity contribution is -0.137. The molecule has 0 aromatic heterocycles. The average Bonchev–Trinajstić information content (AvgIpc) is 3.45. The smallest absolute Gasteiger partial charge is 0.322 e. The number of rotatable bonds is 7. The standard InChI is InChI=1S/C26H16Cl6F3N3O3/c1-25(34,35)24(41)38-21-16(29)8-12(9-17(21)30)37-22(39)13-7-11(3-4-14(13)27)36-23(40)20-19(26(20,31)32)10-2-5-18(33)15(28)6-10/h2-9,19-20H,1H3,(H,36,40)(H,37,39)(H,38,41). The molecule has 0 radical (unpaired) electrons. The van der Waals surface area contributed by atoms with Gasteiger partial charge in [0.25, 0.3) is 11.8 Å². The first-order valence-corrected chi connectivity index (χ1v) is 13.7. The van der Waals surface area contributed by atoms with Crippen molar-refractivity contribution in [1.29, 1.82) is 0 Å². The number of halogens is 9. The van der Waals surface area contributed by atoms with Crippen molar-refractivity contribution in [2.24, 2.45) is 5.92 Å². The zero-order valence-electron chi connectivity index (χ0n) is 20.4. The van der Waals surface area contributed by atoms with Crippen LogP contribution in [-0.4, -0.2) is 28.0 Å². The van der Waals surface area contributed by atoms with E-state index < -0.39 is 45.6 Å². The number of nitrogens with one attached hydrogen (secondary N) is 3. The minimum atomic E-state index is -3.68. The molecule has 1 aliphatic carbocycles. The molecule has 0 aliphatic heterocycles. The van der Waals surface area contributed by atoms with Crippen LogP contribution in [0.3, 0.4) is 0 Å². The number of hydrogen-bond donors (Lipinski definition) is 3. The van der Waals surface area contributed by atoms with Gasteiger partial charge in [-0.3, -0.25) is 14.4 Å². The van der Waals surface area contributed by atoms with E-state index in [9.17, 15) is 27.6 Å². The third-order valence-corrected chi connectivity index (χ3v) is 8.21. The molecule has 4 rings (SSSR count). The molecule has 3 amide bonds. The molecule has 1 aliphatic rings. The molecule has 15 heteroatoms. The van der Waals surface area contributed by atoms with Gasteiger partial charge in [0.15, 0.2) is 0 Å². The van der Waals surface area contributed by atoms with E-state index in [1.807, 2.05) is 5.32 Å². The summed E-state index contributed by atoms with van der Waals surface area (Å²) in [7, 11) is 0. The highest BCUT2D eigenvalue weighted by molar-refractivity contribution is 6.53. The van der Waals surface area contributed by atoms with Gasteiger partial charge in [-0.2, -0.15) is 8.78 Å². The number of amides is 3. The lowest BCUT2D eigenvalue weighted by atomic mass is 10.1. The fraction of sp³-hybridized carbons (Fsp3) is 0.192. The van der Waals surface area contributed by atoms with Crippen molar-refractivity contribution in [1.82, 2.24) is 0 Å². The van der Waals surface area contributed by atoms with Crippen molar-refractivity contribution < 1.29 is 27.6 Å². The first-order valence-electron chi connectivity index (χ1n) is 11.4. The maximum atomic E-state index is 13.6. The topological polar surface area (TPSA) is 87.3 Å². The molecule has 3 N–H and O–H groups in total. The Labute approximate surface area is 261 Å². The normalized spacial score (nSPS) is 17.5. The van der Waals surface area contributed by atoms with Crippen LogP contribution in [0.2, 0.25) is 20.1 Å². The summed E-state index contributed by atoms with van der Waals surface area (Å²) in [5.41, 5.74) is 0.400. The lowest BCUT2D eigenvalue weighted by Crippen LogP contribution is -2.31. The largest absolute Gasteiger partial charge is 0.326 e. The number of benzene rings is 3. The van der Waals surface area contributed by atoms with E-state index in [0.29, 0.717) is 12.5 Å². The Morgan fingerprint density at radius 2 is 1.44 bits per heavy atom. The second-order valence-corrected chi connectivity index (χ2v) is 12.2. The van der Waals surface area contributed by atoms with E-state index in [-0.39, 0.29) is 42.7 Å². The third-order valence-electron chi connectivity index (χ3n) is 6.05. The number of anilines is 3. The number of alkyl halides is 4. The van der Waals surface area contributed by atoms with E-state index >= 15 is 0 Å². The Morgan fingerprint density at radius 1 is 0.805 bits per heavy atom. The number of carbonyl (C=O) groups excluding carboxylic acids is 3. The van der Waals surface area contributed by atoms with Crippen molar-refractivity contribution in [2.45, 2.75) is 23.1 Å². The Morgan fingerprint density at radius 3 is 2.02 bits per heavy atom. The second kappa shape index (κ2) is 11.7. The van der Waals surface area contributed by atoms with Crippen LogP contribution >= 0.6 is 69.6 Å². The number of hydrogen-bond acceptors (Lipinski definition) is 3. The van der Waals surface area contributed by atoms with Crippen molar-refractivity contribution in [3.63, 3.8) is 0 Å². The fourth-order valence-corrected chi connectivity index (χ4v) is 5.76. The van der Waals surface area contributed by atoms with Gasteiger partial charge in [0, 0.05) is 24.2 Å². The summed E-state index contributed by atoms with van der Waals surface area (Å²) in [6, 6.07) is 10.4. The monoisotopic (exact) mass is 685 g/mol. The van der Waals surface area contributed by atoms with Crippen LogP contribution in [0.15, 0.2) is 48.5 Å². The molecule has 6 nitrogen and oxygen atoms in total. The Balaban J connectivity index is 1.49. The maximum absolute atomic E-state index is 13.6. The zero-order valence-corrected chi connectivity index (χ0v) is 24.9. The molecule has 0 bridgehead atoms. The summed E-state index contributed by atoms with van der Waals surface area (Å²) in [4.78, 5) is 37.6. The van der Waals surface area contributed by atoms with Crippen LogP contribution in [-0.2, 0) is 9.59 Å². The van der Waals surface area contributed by atoms with Crippen molar-refractivity contribution >= 4 is 104 Å². The minimum Gasteiger partial charge on any atom is -0.326 e. The summed E-state index contributed by atoms with van der Waals surface area (Å²) >= 11 is 36.9. The Kier molecular flexibility index (Phi) is 9.00. The predicted molar refractivity (Wildman–Crippen MR) is 156 cm³/mol. The van der Waals surface area contributed by atoms with E-state index in [1.54, 1.807) is 0 Å². The zero-order chi connectivity index (χ0) is 30.4. The van der Waals surface area contributed by atoms with Gasteiger partial charge in [0.1, 0.15) is 10.2 Å². The summed E-state index contributed by atoms with van der Waals surface area (Å²) in [5.74, 6) is -8.80. The highest BCUT2D eigenvalue weighted by atomic mass is 35.5. The Bertz CT molecular complexity index is 1560. The SMILES string of the molecule is CC(F)(F)C(=O)Nc1c(Cl)cc(NC(=O)c2cc(NC(=O)C3C(c4ccc(F)c(Cl)c4)C3(Cl)Cl)ccc2Cl)cc1Cl. The van der Waals surface area contributed by atoms with Gasteiger partial charge >= 0.3 is 5.92 Å². The van der Waals surface area contributed by atoms with Crippen LogP contribution in [0.25, 0.3) is 0 Å². The van der Waals surface area contributed by atoms with Crippen molar-refractivity contribution in [3.8, 4) is 0 Å². The van der Waals surface area contributed by atoms with Crippen LogP contribution in [0.4, 0.5) is 30.2 Å². The van der Waals surface area contributed by atoms with E-state index in [0.717, 1.165) is 6.07 Å². The van der Waals surface area contributed by atoms with Crippen molar-refractivity contribution in [2.75, 3.05) is 16.0 Å². The first-order chi connectivity index (χ1) is 19.0. The van der Waals surface area contributed by atoms with Gasteiger partial charge < -0.3 is 16.0 Å². The van der Waals surface area contributed by atoms with Gasteiger partial charge in [-0.25, -0.2) is 4.39 Å². The van der Waals surface area contributed by atoms with Crippen LogP contribution in [0.5, 0.6) is 0 Å². The molecular weight excluding hydrogens is 672 g/mol. The van der Waals surface area contributed by atoms with Crippen LogP contribution in [0.1, 0.15) is 28.8 Å². The molecule has 3 aromatic carbocycles. The van der Waals surface area contributed by atoms with Gasteiger partial charge in [0.2, 0.25) is 5.91 Å². The molecule has 2 atom stereocenters. The lowest BCUT2D eigenvalue weighted by Gasteiger charge is -2.15. The molecule has 1 saturated carbocycles. The van der Waals surface area contributed by atoms with E-state index in [2.05, 4.69) is 10.6 Å². The van der Waals surface area contributed by atoms with Gasteiger partial charge in [-0.1, -0.05) is 52.5 Å². The molecule has 0 saturated heterocycles. The van der Waals surface area contributed by atoms with Crippen LogP contribution < -0.4 is 16.0 Å². The highest BCUT2D eigenvalue weighted by Gasteiger charge is 2.67. The fourth-order valence-electron chi connectivity index (χ4n) is 3.96. The molecular formula is C26H16Cl6F3N3O3. The molecule has 216 valence electrons. The molecule has 1 fully saturated rings. The first kappa shape index (κ1) is 31.5. The van der Waals surface area contributed by atoms with Gasteiger partial charge in [0.05, 0.1) is 37.3 Å². The number of carbonyl (C=O) groups is 3. The molecule has 41 heavy (non-hydrogen) atoms. The maximum Gasteiger partial charge on any atom is 0.322 e. The van der Waals surface area contributed by atoms with E-state index in [1.165, 1.54) is 42.5 Å². The highest BCUT2D eigenvalue weighted by Crippen LogP contribution is 2.65. The quantitative estimate of drug-likeness (QED) is 0.217. The average molecular weight is 688 g/mol. The van der Waals surface area contributed by atoms with Gasteiger partial charge in [-0.15, -0.1) is 23.2 Å².